The molecule has 0 aliphatic carbocycles. The van der Waals surface area contributed by atoms with Crippen molar-refractivity contribution in [1.82, 2.24) is 0 Å². The van der Waals surface area contributed by atoms with E-state index in [1.54, 1.807) is 19.2 Å². The van der Waals surface area contributed by atoms with E-state index in [1.807, 2.05) is 4.90 Å². The normalized spacial score (nSPS) is 13.3. The first-order valence-electron chi connectivity index (χ1n) is 6.12. The zero-order valence-corrected chi connectivity index (χ0v) is 12.6. The highest BCUT2D eigenvalue weighted by Crippen LogP contribution is 2.35. The zero-order chi connectivity index (χ0) is 14.7. The number of anilines is 2. The minimum absolute atomic E-state index is 0.00146. The molecule has 7 heteroatoms. The van der Waals surface area contributed by atoms with Crippen LogP contribution < -0.4 is 10.2 Å². The summed E-state index contributed by atoms with van der Waals surface area (Å²) in [5.74, 6) is -1.15. The van der Waals surface area contributed by atoms with Gasteiger partial charge in [0.1, 0.15) is 0 Å². The molecule has 1 aromatic rings. The van der Waals surface area contributed by atoms with Crippen LogP contribution in [0.3, 0.4) is 0 Å². The van der Waals surface area contributed by atoms with Crippen molar-refractivity contribution in [3.63, 3.8) is 0 Å². The number of nitrogens with one attached hydrogen (secondary N) is 1. The van der Waals surface area contributed by atoms with E-state index in [0.29, 0.717) is 35.4 Å². The number of methoxy groups -OCH3 is 1. The predicted octanol–water partition coefficient (Wildman–Crippen LogP) is 1.03. The maximum Gasteiger partial charge on any atom is 0.296 e. The summed E-state index contributed by atoms with van der Waals surface area (Å²) in [7, 11) is 1.60. The van der Waals surface area contributed by atoms with Crippen molar-refractivity contribution in [2.45, 2.75) is 0 Å². The van der Waals surface area contributed by atoms with Gasteiger partial charge in [-0.1, -0.05) is 0 Å². The van der Waals surface area contributed by atoms with Crippen LogP contribution in [0.2, 0.25) is 0 Å². The lowest BCUT2D eigenvalue weighted by atomic mass is 10.1. The zero-order valence-electron chi connectivity index (χ0n) is 11.0. The second-order valence-electron chi connectivity index (χ2n) is 4.34. The number of hydrogen-bond donors (Lipinski definition) is 2. The average molecular weight is 343 g/mol. The van der Waals surface area contributed by atoms with Gasteiger partial charge in [-0.25, -0.2) is 0 Å². The molecule has 108 valence electrons. The maximum atomic E-state index is 11.6. The SMILES string of the molecule is COCCN(CCO)c1cc2c(cc1Br)C(=O)C(=O)N2. The highest BCUT2D eigenvalue weighted by molar-refractivity contribution is 9.10. The predicted molar refractivity (Wildman–Crippen MR) is 78.3 cm³/mol. The molecule has 0 radical (unpaired) electrons. The summed E-state index contributed by atoms with van der Waals surface area (Å²) in [5, 5.41) is 11.7. The summed E-state index contributed by atoms with van der Waals surface area (Å²) in [6.07, 6.45) is 0. The summed E-state index contributed by atoms with van der Waals surface area (Å²) < 4.78 is 5.74. The number of ketones is 1. The van der Waals surface area contributed by atoms with Crippen molar-refractivity contribution in [2.24, 2.45) is 0 Å². The molecule has 1 aromatic carbocycles. The number of ether oxygens (including phenoxy) is 1. The summed E-state index contributed by atoms with van der Waals surface area (Å²) in [5.41, 5.74) is 1.66. The van der Waals surface area contributed by atoms with Crippen molar-refractivity contribution in [1.29, 1.82) is 0 Å². The van der Waals surface area contributed by atoms with Crippen LogP contribution in [-0.4, -0.2) is 50.2 Å². The van der Waals surface area contributed by atoms with Crippen LogP contribution >= 0.6 is 15.9 Å². The number of carbonyl (C=O) groups excluding carboxylic acids is 2. The number of rotatable bonds is 6. The number of amides is 1. The molecule has 0 saturated heterocycles. The molecule has 2 N–H and O–H groups in total. The van der Waals surface area contributed by atoms with Crippen LogP contribution in [-0.2, 0) is 9.53 Å². The fourth-order valence-electron chi connectivity index (χ4n) is 2.07. The first-order valence-corrected chi connectivity index (χ1v) is 6.91. The quantitative estimate of drug-likeness (QED) is 0.755. The Hall–Kier alpha value is -1.44. The maximum absolute atomic E-state index is 11.6. The van der Waals surface area contributed by atoms with E-state index in [0.717, 1.165) is 5.69 Å². The van der Waals surface area contributed by atoms with Crippen LogP contribution in [0.1, 0.15) is 10.4 Å². The van der Waals surface area contributed by atoms with Gasteiger partial charge in [-0.05, 0) is 28.1 Å². The summed E-state index contributed by atoms with van der Waals surface area (Å²) in [4.78, 5) is 24.9. The van der Waals surface area contributed by atoms with Gasteiger partial charge in [0.15, 0.2) is 0 Å². The third kappa shape index (κ3) is 2.84. The molecule has 1 aliphatic rings. The molecule has 1 aliphatic heterocycles. The Morgan fingerprint density at radius 3 is 2.75 bits per heavy atom. The lowest BCUT2D eigenvalue weighted by Crippen LogP contribution is -2.30. The van der Waals surface area contributed by atoms with Gasteiger partial charge in [0.05, 0.1) is 30.2 Å². The third-order valence-electron chi connectivity index (χ3n) is 3.06. The van der Waals surface area contributed by atoms with Crippen LogP contribution in [0, 0.1) is 0 Å². The van der Waals surface area contributed by atoms with E-state index in [-0.39, 0.29) is 6.61 Å². The van der Waals surface area contributed by atoms with E-state index >= 15 is 0 Å². The van der Waals surface area contributed by atoms with Gasteiger partial charge in [-0.3, -0.25) is 9.59 Å². The van der Waals surface area contributed by atoms with Crippen LogP contribution in [0.15, 0.2) is 16.6 Å². The van der Waals surface area contributed by atoms with E-state index in [9.17, 15) is 9.59 Å². The van der Waals surface area contributed by atoms with Gasteiger partial charge in [0.25, 0.3) is 11.7 Å². The number of hydrogen-bond acceptors (Lipinski definition) is 5. The number of benzene rings is 1. The molecule has 0 unspecified atom stereocenters. The van der Waals surface area contributed by atoms with Gasteiger partial charge < -0.3 is 20.1 Å². The van der Waals surface area contributed by atoms with Crippen molar-refractivity contribution in [3.8, 4) is 0 Å². The fourth-order valence-corrected chi connectivity index (χ4v) is 2.67. The topological polar surface area (TPSA) is 78.9 Å². The van der Waals surface area contributed by atoms with E-state index in [1.165, 1.54) is 0 Å². The second kappa shape index (κ2) is 6.34. The minimum atomic E-state index is -0.616. The first-order chi connectivity index (χ1) is 9.58. The highest BCUT2D eigenvalue weighted by atomic mass is 79.9. The fraction of sp³-hybridized carbons (Fsp3) is 0.385. The molecular formula is C13H15BrN2O4. The Morgan fingerprint density at radius 1 is 1.35 bits per heavy atom. The first kappa shape index (κ1) is 15.0. The second-order valence-corrected chi connectivity index (χ2v) is 5.19. The summed E-state index contributed by atoms with van der Waals surface area (Å²) >= 11 is 3.40. The van der Waals surface area contributed by atoms with E-state index in [4.69, 9.17) is 9.84 Å². The molecule has 0 fully saturated rings. The highest BCUT2D eigenvalue weighted by Gasteiger charge is 2.29. The Bertz CT molecular complexity index is 547. The molecular weight excluding hydrogens is 328 g/mol. The molecule has 0 spiro atoms. The number of halogens is 1. The largest absolute Gasteiger partial charge is 0.395 e. The smallest absolute Gasteiger partial charge is 0.296 e. The number of nitrogens with zero attached hydrogens (tertiary/aromatic N) is 1. The molecule has 1 heterocycles. The number of aliphatic hydroxyl groups is 1. The van der Waals surface area contributed by atoms with E-state index < -0.39 is 11.7 Å². The standard InChI is InChI=1S/C13H15BrN2O4/c1-20-5-3-16(2-4-17)11-7-10-8(6-9(11)14)12(18)13(19)15-10/h6-7,17H,2-5H2,1H3,(H,15,18,19). The average Bonchev–Trinajstić information content (AvgIpc) is 2.70. The van der Waals surface area contributed by atoms with Gasteiger partial charge >= 0.3 is 0 Å². The molecule has 1 amide bonds. The van der Waals surface area contributed by atoms with Gasteiger partial charge in [0.2, 0.25) is 0 Å². The lowest BCUT2D eigenvalue weighted by Gasteiger charge is -2.25. The lowest BCUT2D eigenvalue weighted by molar-refractivity contribution is -0.112. The van der Waals surface area contributed by atoms with Crippen molar-refractivity contribution >= 4 is 39.0 Å². The van der Waals surface area contributed by atoms with Gasteiger partial charge in [0, 0.05) is 24.7 Å². The van der Waals surface area contributed by atoms with Gasteiger partial charge in [-0.15, -0.1) is 0 Å². The van der Waals surface area contributed by atoms with Gasteiger partial charge in [-0.2, -0.15) is 0 Å². The Morgan fingerprint density at radius 2 is 2.10 bits per heavy atom. The summed E-state index contributed by atoms with van der Waals surface area (Å²) in [6.45, 7) is 1.53. The van der Waals surface area contributed by atoms with E-state index in [2.05, 4.69) is 21.2 Å². The number of aliphatic hydroxyl groups excluding tert-OH is 1. The third-order valence-corrected chi connectivity index (χ3v) is 3.70. The molecule has 0 bridgehead atoms. The van der Waals surface area contributed by atoms with Crippen molar-refractivity contribution in [3.05, 3.63) is 22.2 Å². The molecule has 0 aromatic heterocycles. The molecule has 6 nitrogen and oxygen atoms in total. The minimum Gasteiger partial charge on any atom is -0.395 e. The van der Waals surface area contributed by atoms with Crippen LogP contribution in [0.4, 0.5) is 11.4 Å². The molecule has 2 rings (SSSR count). The number of Topliss-reactive ketones (excluding diaryl/α,β-unsaturated/α-hetero) is 1. The Kier molecular flexibility index (Phi) is 4.74. The molecule has 20 heavy (non-hydrogen) atoms. The molecule has 0 saturated carbocycles. The Labute approximate surface area is 124 Å². The van der Waals surface area contributed by atoms with Crippen LogP contribution in [0.5, 0.6) is 0 Å². The summed E-state index contributed by atoms with van der Waals surface area (Å²) in [6, 6.07) is 3.36. The molecule has 0 atom stereocenters. The number of carbonyl (C=O) groups is 2. The number of fused-ring (bicyclic) bond motifs is 1. The van der Waals surface area contributed by atoms with Crippen LogP contribution in [0.25, 0.3) is 0 Å². The Balaban J connectivity index is 2.34. The monoisotopic (exact) mass is 342 g/mol. The van der Waals surface area contributed by atoms with Crippen molar-refractivity contribution in [2.75, 3.05) is 43.6 Å². The van der Waals surface area contributed by atoms with Crippen molar-refractivity contribution < 1.29 is 19.4 Å².